The van der Waals surface area contributed by atoms with Crippen LogP contribution in [0, 0.1) is 20.8 Å². The summed E-state index contributed by atoms with van der Waals surface area (Å²) >= 11 is 0. The fourth-order valence-corrected chi connectivity index (χ4v) is 2.10. The van der Waals surface area contributed by atoms with Gasteiger partial charge in [0, 0.05) is 18.5 Å². The Morgan fingerprint density at radius 3 is 2.35 bits per heavy atom. The Labute approximate surface area is 101 Å². The Morgan fingerprint density at radius 1 is 1.12 bits per heavy atom. The van der Waals surface area contributed by atoms with Crippen molar-refractivity contribution in [1.82, 2.24) is 10.2 Å². The quantitative estimate of drug-likeness (QED) is 0.879. The molecule has 0 saturated carbocycles. The van der Waals surface area contributed by atoms with Crippen LogP contribution < -0.4 is 5.73 Å². The lowest BCUT2D eigenvalue weighted by Crippen LogP contribution is -2.02. The van der Waals surface area contributed by atoms with Crippen LogP contribution in [0.4, 0.5) is 0 Å². The lowest BCUT2D eigenvalue weighted by Gasteiger charge is -2.06. The monoisotopic (exact) mass is 231 g/mol. The van der Waals surface area contributed by atoms with Crippen molar-refractivity contribution >= 4 is 0 Å². The molecular formula is C13H17N3O. The first kappa shape index (κ1) is 11.8. The van der Waals surface area contributed by atoms with Gasteiger partial charge >= 0.3 is 0 Å². The van der Waals surface area contributed by atoms with E-state index in [0.717, 1.165) is 16.7 Å². The second kappa shape index (κ2) is 4.67. The molecule has 0 spiro atoms. The molecule has 0 aliphatic carbocycles. The van der Waals surface area contributed by atoms with Crippen LogP contribution in [0.2, 0.25) is 0 Å². The molecule has 1 aromatic carbocycles. The molecule has 0 amide bonds. The van der Waals surface area contributed by atoms with Crippen LogP contribution in [0.15, 0.2) is 16.5 Å². The minimum atomic E-state index is 0.521. The zero-order chi connectivity index (χ0) is 12.4. The van der Waals surface area contributed by atoms with Crippen molar-refractivity contribution in [3.63, 3.8) is 0 Å². The largest absolute Gasteiger partial charge is 0.421 e. The zero-order valence-corrected chi connectivity index (χ0v) is 10.4. The van der Waals surface area contributed by atoms with E-state index in [1.54, 1.807) is 0 Å². The smallest absolute Gasteiger partial charge is 0.248 e. The molecule has 0 saturated heterocycles. The summed E-state index contributed by atoms with van der Waals surface area (Å²) in [6, 6.07) is 4.24. The van der Waals surface area contributed by atoms with Gasteiger partial charge in [-0.15, -0.1) is 10.2 Å². The molecule has 2 rings (SSSR count). The first-order valence-electron chi connectivity index (χ1n) is 5.72. The highest BCUT2D eigenvalue weighted by Gasteiger charge is 2.13. The second-order valence-electron chi connectivity index (χ2n) is 4.31. The van der Waals surface area contributed by atoms with Crippen LogP contribution in [0.3, 0.4) is 0 Å². The van der Waals surface area contributed by atoms with Crippen molar-refractivity contribution in [3.8, 4) is 11.5 Å². The summed E-state index contributed by atoms with van der Waals surface area (Å²) in [6.45, 7) is 6.72. The fourth-order valence-electron chi connectivity index (χ4n) is 2.10. The van der Waals surface area contributed by atoms with Gasteiger partial charge in [0.1, 0.15) is 0 Å². The predicted molar refractivity (Wildman–Crippen MR) is 66.7 cm³/mol. The summed E-state index contributed by atoms with van der Waals surface area (Å²) < 4.78 is 5.61. The highest BCUT2D eigenvalue weighted by molar-refractivity contribution is 5.63. The highest BCUT2D eigenvalue weighted by Crippen LogP contribution is 2.27. The van der Waals surface area contributed by atoms with Gasteiger partial charge in [0.15, 0.2) is 0 Å². The van der Waals surface area contributed by atoms with E-state index in [9.17, 15) is 0 Å². The summed E-state index contributed by atoms with van der Waals surface area (Å²) in [5.74, 6) is 1.19. The molecule has 0 radical (unpaired) electrons. The van der Waals surface area contributed by atoms with Crippen LogP contribution in [0.5, 0.6) is 0 Å². The molecule has 0 aliphatic heterocycles. The normalized spacial score (nSPS) is 10.8. The molecule has 2 aromatic rings. The summed E-state index contributed by atoms with van der Waals surface area (Å²) in [5.41, 5.74) is 10.1. The first-order valence-corrected chi connectivity index (χ1v) is 5.72. The van der Waals surface area contributed by atoms with Crippen LogP contribution in [-0.4, -0.2) is 16.7 Å². The molecule has 4 nitrogen and oxygen atoms in total. The van der Waals surface area contributed by atoms with Crippen LogP contribution in [-0.2, 0) is 6.42 Å². The van der Waals surface area contributed by atoms with E-state index in [-0.39, 0.29) is 0 Å². The van der Waals surface area contributed by atoms with E-state index in [4.69, 9.17) is 10.2 Å². The van der Waals surface area contributed by atoms with Crippen LogP contribution in [0.1, 0.15) is 22.6 Å². The Kier molecular flexibility index (Phi) is 3.24. The Bertz CT molecular complexity index is 508. The van der Waals surface area contributed by atoms with Gasteiger partial charge in [0.25, 0.3) is 0 Å². The summed E-state index contributed by atoms with van der Waals surface area (Å²) in [6.07, 6.45) is 0.622. The van der Waals surface area contributed by atoms with Gasteiger partial charge in [-0.1, -0.05) is 17.7 Å². The number of aromatic nitrogens is 2. The molecule has 1 aromatic heterocycles. The van der Waals surface area contributed by atoms with E-state index in [1.165, 1.54) is 5.56 Å². The molecule has 0 fully saturated rings. The van der Waals surface area contributed by atoms with Gasteiger partial charge in [0.2, 0.25) is 11.8 Å². The third kappa shape index (κ3) is 2.36. The number of hydrogen-bond donors (Lipinski definition) is 1. The standard InChI is InChI=1S/C13H17N3O/c1-8-6-9(2)12(10(3)7-8)13-16-15-11(17-13)4-5-14/h6-7H,4-5,14H2,1-3H3. The molecule has 2 N–H and O–H groups in total. The third-order valence-corrected chi connectivity index (χ3v) is 2.72. The maximum absolute atomic E-state index is 5.61. The number of nitrogens with zero attached hydrogens (tertiary/aromatic N) is 2. The van der Waals surface area contributed by atoms with E-state index in [1.807, 2.05) is 0 Å². The number of nitrogens with two attached hydrogens (primary N) is 1. The minimum absolute atomic E-state index is 0.521. The van der Waals surface area contributed by atoms with E-state index < -0.39 is 0 Å². The van der Waals surface area contributed by atoms with Crippen molar-refractivity contribution in [2.75, 3.05) is 6.54 Å². The molecule has 0 unspecified atom stereocenters. The topological polar surface area (TPSA) is 64.9 Å². The molecule has 0 atom stereocenters. The molecule has 1 heterocycles. The highest BCUT2D eigenvalue weighted by atomic mass is 16.4. The fraction of sp³-hybridized carbons (Fsp3) is 0.385. The van der Waals surface area contributed by atoms with Gasteiger partial charge in [-0.2, -0.15) is 0 Å². The first-order chi connectivity index (χ1) is 8.11. The van der Waals surface area contributed by atoms with Crippen LogP contribution >= 0.6 is 0 Å². The van der Waals surface area contributed by atoms with Gasteiger partial charge in [-0.25, -0.2) is 0 Å². The minimum Gasteiger partial charge on any atom is -0.421 e. The lowest BCUT2D eigenvalue weighted by molar-refractivity contribution is 0.506. The number of aryl methyl sites for hydroxylation is 3. The SMILES string of the molecule is Cc1cc(C)c(-c2nnc(CCN)o2)c(C)c1. The van der Waals surface area contributed by atoms with Crippen molar-refractivity contribution in [3.05, 3.63) is 34.7 Å². The summed E-state index contributed by atoms with van der Waals surface area (Å²) in [7, 11) is 0. The maximum Gasteiger partial charge on any atom is 0.248 e. The third-order valence-electron chi connectivity index (χ3n) is 2.72. The molecule has 90 valence electrons. The molecule has 0 bridgehead atoms. The van der Waals surface area contributed by atoms with Crippen LogP contribution in [0.25, 0.3) is 11.5 Å². The summed E-state index contributed by atoms with van der Waals surface area (Å²) in [5, 5.41) is 8.07. The summed E-state index contributed by atoms with van der Waals surface area (Å²) in [4.78, 5) is 0. The van der Waals surface area contributed by atoms with Crippen molar-refractivity contribution in [2.45, 2.75) is 27.2 Å². The number of benzene rings is 1. The van der Waals surface area contributed by atoms with Crippen molar-refractivity contribution in [1.29, 1.82) is 0 Å². The number of hydrogen-bond acceptors (Lipinski definition) is 4. The molecular weight excluding hydrogens is 214 g/mol. The maximum atomic E-state index is 5.61. The predicted octanol–water partition coefficient (Wildman–Crippen LogP) is 2.16. The van der Waals surface area contributed by atoms with E-state index in [0.29, 0.717) is 24.7 Å². The molecule has 0 aliphatic rings. The van der Waals surface area contributed by atoms with E-state index >= 15 is 0 Å². The Morgan fingerprint density at radius 2 is 1.76 bits per heavy atom. The van der Waals surface area contributed by atoms with Gasteiger partial charge in [0.05, 0.1) is 0 Å². The van der Waals surface area contributed by atoms with Gasteiger partial charge in [-0.3, -0.25) is 0 Å². The van der Waals surface area contributed by atoms with Crippen molar-refractivity contribution in [2.24, 2.45) is 5.73 Å². The second-order valence-corrected chi connectivity index (χ2v) is 4.31. The van der Waals surface area contributed by atoms with Gasteiger partial charge in [-0.05, 0) is 31.9 Å². The average molecular weight is 231 g/mol. The van der Waals surface area contributed by atoms with Crippen molar-refractivity contribution < 1.29 is 4.42 Å². The molecule has 17 heavy (non-hydrogen) atoms. The van der Waals surface area contributed by atoms with Gasteiger partial charge < -0.3 is 10.2 Å². The Balaban J connectivity index is 2.45. The number of rotatable bonds is 3. The zero-order valence-electron chi connectivity index (χ0n) is 10.4. The lowest BCUT2D eigenvalue weighted by atomic mass is 10.00. The van der Waals surface area contributed by atoms with E-state index in [2.05, 4.69) is 43.1 Å². The molecule has 4 heteroatoms. The Hall–Kier alpha value is -1.68. The average Bonchev–Trinajstić information content (AvgIpc) is 2.65.